The number of nitrogens with zero attached hydrogens (tertiary/aromatic N) is 1. The topological polar surface area (TPSA) is 79.3 Å². The summed E-state index contributed by atoms with van der Waals surface area (Å²) in [5, 5.41) is 12.9. The molecule has 0 bridgehead atoms. The maximum atomic E-state index is 12.8. The number of pyridine rings is 1. The minimum Gasteiger partial charge on any atom is -0.481 e. The van der Waals surface area contributed by atoms with Crippen LogP contribution in [0, 0.1) is 0 Å². The molecule has 0 atom stereocenters. The summed E-state index contributed by atoms with van der Waals surface area (Å²) in [7, 11) is 0. The van der Waals surface area contributed by atoms with Crippen LogP contribution in [0.4, 0.5) is 0 Å². The normalized spacial score (nSPS) is 11.8. The molecule has 0 aliphatic carbocycles. The van der Waals surface area contributed by atoms with Gasteiger partial charge in [0.1, 0.15) is 0 Å². The van der Waals surface area contributed by atoms with E-state index < -0.39 is 5.97 Å². The summed E-state index contributed by atoms with van der Waals surface area (Å²) in [6.07, 6.45) is 18.4. The predicted octanol–water partition coefficient (Wildman–Crippen LogP) is 7.66. The number of carbonyl (C=O) groups excluding carboxylic acids is 1. The number of carboxylic acid groups (broad SMARTS) is 1. The van der Waals surface area contributed by atoms with Crippen molar-refractivity contribution in [2.24, 2.45) is 0 Å². The molecule has 5 nitrogen and oxygen atoms in total. The average molecular weight is 491 g/mol. The van der Waals surface area contributed by atoms with E-state index in [2.05, 4.69) is 24.9 Å². The molecule has 1 amide bonds. The highest BCUT2D eigenvalue weighted by atomic mass is 16.4. The number of hydrogen-bond acceptors (Lipinski definition) is 3. The van der Waals surface area contributed by atoms with Crippen molar-refractivity contribution >= 4 is 28.4 Å². The lowest BCUT2D eigenvalue weighted by Crippen LogP contribution is -2.24. The number of carbonyl (C=O) groups is 2. The minimum atomic E-state index is -0.778. The number of aliphatic carboxylic acids is 1. The summed E-state index contributed by atoms with van der Waals surface area (Å²) in [4.78, 5) is 28.6. The Labute approximate surface area is 216 Å². The average Bonchev–Trinajstić information content (AvgIpc) is 2.87. The zero-order valence-electron chi connectivity index (χ0n) is 22.0. The molecule has 36 heavy (non-hydrogen) atoms. The number of amides is 1. The van der Waals surface area contributed by atoms with E-state index in [-0.39, 0.29) is 12.3 Å². The predicted molar refractivity (Wildman–Crippen MR) is 150 cm³/mol. The van der Waals surface area contributed by atoms with E-state index >= 15 is 0 Å². The molecular formula is C31H42N2O3. The number of unbranched alkanes of at least 4 members (excludes halogenated alkanes) is 7. The molecule has 5 heteroatoms. The number of benzene rings is 1. The van der Waals surface area contributed by atoms with E-state index in [1.54, 1.807) is 6.08 Å². The molecule has 0 aliphatic rings. The molecule has 2 aromatic rings. The number of fused-ring (bicyclic) bond motifs is 1. The van der Waals surface area contributed by atoms with Crippen molar-refractivity contribution in [1.29, 1.82) is 0 Å². The van der Waals surface area contributed by atoms with Gasteiger partial charge in [0.2, 0.25) is 0 Å². The Kier molecular flexibility index (Phi) is 13.3. The first-order chi connectivity index (χ1) is 17.5. The standard InChI is InChI=1S/C31H42N2O3/c1-4-7-8-9-10-11-14-21-32-31(36)26-19-20-28-27(23-26)22-25(17-12-13-18-29(34)35)30(33-28)24(15-5-2)16-6-3/h5-6,15-16,19-20,22-23H,2,4,7-14,17-18,21H2,1,3H3,(H,32,36)(H,34,35). The van der Waals surface area contributed by atoms with E-state index in [0.717, 1.165) is 47.0 Å². The summed E-state index contributed by atoms with van der Waals surface area (Å²) < 4.78 is 0. The SMILES string of the molecule is C=CC=C(C=CC)c1nc2ccc(C(=O)NCCCCCCCCC)cc2cc1CCCCC(=O)O. The molecule has 0 fully saturated rings. The van der Waals surface area contributed by atoms with E-state index in [4.69, 9.17) is 10.1 Å². The van der Waals surface area contributed by atoms with Crippen molar-refractivity contribution in [2.75, 3.05) is 6.54 Å². The number of aryl methyl sites for hydroxylation is 1. The number of rotatable bonds is 17. The second-order valence-corrected chi connectivity index (χ2v) is 9.24. The van der Waals surface area contributed by atoms with Crippen molar-refractivity contribution in [3.8, 4) is 0 Å². The summed E-state index contributed by atoms with van der Waals surface area (Å²) in [6, 6.07) is 7.72. The van der Waals surface area contributed by atoms with Gasteiger partial charge in [0.25, 0.3) is 5.91 Å². The van der Waals surface area contributed by atoms with Crippen LogP contribution in [0.25, 0.3) is 16.5 Å². The highest BCUT2D eigenvalue weighted by molar-refractivity contribution is 5.98. The summed E-state index contributed by atoms with van der Waals surface area (Å²) in [6.45, 7) is 8.71. The lowest BCUT2D eigenvalue weighted by molar-refractivity contribution is -0.137. The molecule has 1 aromatic heterocycles. The van der Waals surface area contributed by atoms with Crippen LogP contribution >= 0.6 is 0 Å². The van der Waals surface area contributed by atoms with Gasteiger partial charge in [-0.25, -0.2) is 4.98 Å². The number of hydrogen-bond donors (Lipinski definition) is 2. The van der Waals surface area contributed by atoms with Crippen molar-refractivity contribution in [2.45, 2.75) is 84.5 Å². The Balaban J connectivity index is 2.16. The lowest BCUT2D eigenvalue weighted by Gasteiger charge is -2.13. The Morgan fingerprint density at radius 3 is 2.47 bits per heavy atom. The van der Waals surface area contributed by atoms with Crippen LogP contribution < -0.4 is 5.32 Å². The highest BCUT2D eigenvalue weighted by Crippen LogP contribution is 2.26. The van der Waals surface area contributed by atoms with Gasteiger partial charge in [-0.3, -0.25) is 9.59 Å². The van der Waals surface area contributed by atoms with Gasteiger partial charge in [-0.15, -0.1) is 0 Å². The van der Waals surface area contributed by atoms with E-state index in [1.807, 2.05) is 43.4 Å². The van der Waals surface area contributed by atoms with Crippen LogP contribution in [0.2, 0.25) is 0 Å². The minimum absolute atomic E-state index is 0.0591. The highest BCUT2D eigenvalue weighted by Gasteiger charge is 2.13. The third-order valence-corrected chi connectivity index (χ3v) is 6.23. The molecule has 194 valence electrons. The Hall–Kier alpha value is -3.21. The first kappa shape index (κ1) is 29.0. The number of aromatic nitrogens is 1. The number of nitrogens with one attached hydrogen (secondary N) is 1. The third kappa shape index (κ3) is 9.80. The largest absolute Gasteiger partial charge is 0.481 e. The molecule has 2 N–H and O–H groups in total. The Morgan fingerprint density at radius 2 is 1.78 bits per heavy atom. The van der Waals surface area contributed by atoms with Crippen LogP contribution in [0.3, 0.4) is 0 Å². The third-order valence-electron chi connectivity index (χ3n) is 6.23. The molecule has 0 radical (unpaired) electrons. The molecule has 0 aliphatic heterocycles. The lowest BCUT2D eigenvalue weighted by atomic mass is 9.97. The quantitative estimate of drug-likeness (QED) is 0.176. The molecule has 0 saturated carbocycles. The second kappa shape index (κ2) is 16.5. The van der Waals surface area contributed by atoms with Gasteiger partial charge in [-0.1, -0.05) is 76.3 Å². The van der Waals surface area contributed by atoms with Gasteiger partial charge in [-0.05, 0) is 62.4 Å². The van der Waals surface area contributed by atoms with Crippen molar-refractivity contribution in [3.63, 3.8) is 0 Å². The zero-order chi connectivity index (χ0) is 26.2. The van der Waals surface area contributed by atoms with Crippen LogP contribution in [-0.2, 0) is 11.2 Å². The van der Waals surface area contributed by atoms with Crippen LogP contribution in [0.1, 0.15) is 99.7 Å². The first-order valence-electron chi connectivity index (χ1n) is 13.4. The zero-order valence-corrected chi connectivity index (χ0v) is 22.0. The van der Waals surface area contributed by atoms with Crippen molar-refractivity contribution in [3.05, 3.63) is 72.0 Å². The van der Waals surface area contributed by atoms with Crippen LogP contribution in [0.15, 0.2) is 55.1 Å². The second-order valence-electron chi connectivity index (χ2n) is 9.24. The Morgan fingerprint density at radius 1 is 1.03 bits per heavy atom. The Bertz CT molecular complexity index is 1070. The number of carboxylic acids is 1. The van der Waals surface area contributed by atoms with Gasteiger partial charge in [-0.2, -0.15) is 0 Å². The summed E-state index contributed by atoms with van der Waals surface area (Å²) >= 11 is 0. The van der Waals surface area contributed by atoms with Crippen molar-refractivity contribution < 1.29 is 14.7 Å². The molecular weight excluding hydrogens is 448 g/mol. The molecule has 2 rings (SSSR count). The van der Waals surface area contributed by atoms with Gasteiger partial charge < -0.3 is 10.4 Å². The van der Waals surface area contributed by atoms with Gasteiger partial charge in [0.05, 0.1) is 11.2 Å². The number of allylic oxidation sites excluding steroid dienone is 5. The smallest absolute Gasteiger partial charge is 0.303 e. The maximum Gasteiger partial charge on any atom is 0.303 e. The summed E-state index contributed by atoms with van der Waals surface area (Å²) in [5.74, 6) is -0.837. The fraction of sp³-hybridized carbons (Fsp3) is 0.452. The van der Waals surface area contributed by atoms with Crippen LogP contribution in [0.5, 0.6) is 0 Å². The molecule has 0 spiro atoms. The fourth-order valence-electron chi connectivity index (χ4n) is 4.30. The van der Waals surface area contributed by atoms with Crippen LogP contribution in [-0.4, -0.2) is 28.5 Å². The van der Waals surface area contributed by atoms with E-state index in [0.29, 0.717) is 24.9 Å². The van der Waals surface area contributed by atoms with Gasteiger partial charge in [0, 0.05) is 29.5 Å². The van der Waals surface area contributed by atoms with Gasteiger partial charge >= 0.3 is 5.97 Å². The van der Waals surface area contributed by atoms with E-state index in [9.17, 15) is 9.59 Å². The molecule has 0 unspecified atom stereocenters. The van der Waals surface area contributed by atoms with E-state index in [1.165, 1.54) is 32.1 Å². The summed E-state index contributed by atoms with van der Waals surface area (Å²) in [5.41, 5.74) is 4.32. The monoisotopic (exact) mass is 490 g/mol. The molecule has 1 heterocycles. The fourth-order valence-corrected chi connectivity index (χ4v) is 4.30. The molecule has 1 aromatic carbocycles. The molecule has 0 saturated heterocycles. The first-order valence-corrected chi connectivity index (χ1v) is 13.4. The maximum absolute atomic E-state index is 12.8. The van der Waals surface area contributed by atoms with Crippen molar-refractivity contribution in [1.82, 2.24) is 10.3 Å². The van der Waals surface area contributed by atoms with Gasteiger partial charge in [0.15, 0.2) is 0 Å².